The lowest BCUT2D eigenvalue weighted by molar-refractivity contribution is 0.807. The number of aromatic nitrogens is 6. The highest BCUT2D eigenvalue weighted by molar-refractivity contribution is 5.77. The molecular formula is C12H14N6. The molecular weight excluding hydrogens is 228 g/mol. The summed E-state index contributed by atoms with van der Waals surface area (Å²) in [5.74, 6) is 0.748. The molecule has 0 aliphatic rings. The third-order valence-corrected chi connectivity index (χ3v) is 3.20. The van der Waals surface area contributed by atoms with Gasteiger partial charge in [0.25, 0.3) is 0 Å². The van der Waals surface area contributed by atoms with Crippen LogP contribution in [0.15, 0.2) is 12.7 Å². The highest BCUT2D eigenvalue weighted by Crippen LogP contribution is 2.20. The lowest BCUT2D eigenvalue weighted by Crippen LogP contribution is -2.04. The number of nitrogens with zero attached hydrogens (tertiary/aromatic N) is 5. The Bertz CT molecular complexity index is 709. The van der Waals surface area contributed by atoms with Gasteiger partial charge in [0, 0.05) is 5.69 Å². The van der Waals surface area contributed by atoms with Gasteiger partial charge in [0.05, 0.1) is 12.0 Å². The molecule has 0 unspecified atom stereocenters. The monoisotopic (exact) mass is 242 g/mol. The predicted molar refractivity (Wildman–Crippen MR) is 67.7 cm³/mol. The first kappa shape index (κ1) is 10.9. The standard InChI is InChI=1S/C12H14N6/c1-4-9-7(2)17-18(8(9)3)12-10-11(14-5-13-10)15-6-16-12/h5-6H,4H2,1-3H3,(H,13,14,15,16). The van der Waals surface area contributed by atoms with Crippen molar-refractivity contribution in [3.63, 3.8) is 0 Å². The first-order chi connectivity index (χ1) is 8.72. The zero-order valence-corrected chi connectivity index (χ0v) is 10.6. The summed E-state index contributed by atoms with van der Waals surface area (Å²) in [4.78, 5) is 15.6. The van der Waals surface area contributed by atoms with E-state index in [0.717, 1.165) is 29.1 Å². The SMILES string of the molecule is CCc1c(C)nn(-c2ncnc3nc[nH]c23)c1C. The lowest BCUT2D eigenvalue weighted by Gasteiger charge is -2.04. The van der Waals surface area contributed by atoms with Crippen molar-refractivity contribution in [1.29, 1.82) is 0 Å². The van der Waals surface area contributed by atoms with Gasteiger partial charge in [0.1, 0.15) is 11.8 Å². The molecule has 0 fully saturated rings. The third-order valence-electron chi connectivity index (χ3n) is 3.20. The quantitative estimate of drug-likeness (QED) is 0.742. The van der Waals surface area contributed by atoms with Gasteiger partial charge in [-0.3, -0.25) is 0 Å². The van der Waals surface area contributed by atoms with Crippen LogP contribution in [0.4, 0.5) is 0 Å². The van der Waals surface area contributed by atoms with Crippen LogP contribution in [-0.2, 0) is 6.42 Å². The van der Waals surface area contributed by atoms with Gasteiger partial charge < -0.3 is 4.98 Å². The fraction of sp³-hybridized carbons (Fsp3) is 0.333. The first-order valence-corrected chi connectivity index (χ1v) is 5.92. The molecule has 3 rings (SSSR count). The number of aryl methyl sites for hydroxylation is 1. The van der Waals surface area contributed by atoms with Crippen LogP contribution in [0.1, 0.15) is 23.9 Å². The van der Waals surface area contributed by atoms with Crippen LogP contribution in [0.2, 0.25) is 0 Å². The van der Waals surface area contributed by atoms with E-state index >= 15 is 0 Å². The molecule has 1 N–H and O–H groups in total. The summed E-state index contributed by atoms with van der Waals surface area (Å²) in [6, 6.07) is 0. The number of aromatic amines is 1. The average molecular weight is 242 g/mol. The molecule has 6 heteroatoms. The highest BCUT2D eigenvalue weighted by Gasteiger charge is 2.15. The zero-order chi connectivity index (χ0) is 12.7. The zero-order valence-electron chi connectivity index (χ0n) is 10.6. The summed E-state index contributed by atoms with van der Waals surface area (Å²) < 4.78 is 1.86. The van der Waals surface area contributed by atoms with Crippen LogP contribution in [0.5, 0.6) is 0 Å². The summed E-state index contributed by atoms with van der Waals surface area (Å²) in [6.07, 6.45) is 4.10. The molecule has 0 bridgehead atoms. The fourth-order valence-corrected chi connectivity index (χ4v) is 2.31. The van der Waals surface area contributed by atoms with Gasteiger partial charge in [-0.05, 0) is 25.8 Å². The molecule has 0 aromatic carbocycles. The van der Waals surface area contributed by atoms with Crippen molar-refractivity contribution in [2.24, 2.45) is 0 Å². The van der Waals surface area contributed by atoms with Crippen molar-refractivity contribution in [3.8, 4) is 5.82 Å². The molecule has 0 spiro atoms. The van der Waals surface area contributed by atoms with Gasteiger partial charge in [0.2, 0.25) is 0 Å². The van der Waals surface area contributed by atoms with Gasteiger partial charge >= 0.3 is 0 Å². The minimum Gasteiger partial charge on any atom is -0.340 e. The fourth-order valence-electron chi connectivity index (χ4n) is 2.31. The molecule has 0 aliphatic carbocycles. The molecule has 0 aliphatic heterocycles. The lowest BCUT2D eigenvalue weighted by atomic mass is 10.1. The number of H-pyrrole nitrogens is 1. The molecule has 92 valence electrons. The Hall–Kier alpha value is -2.24. The van der Waals surface area contributed by atoms with E-state index in [1.54, 1.807) is 6.33 Å². The van der Waals surface area contributed by atoms with Crippen molar-refractivity contribution in [1.82, 2.24) is 29.7 Å². The van der Waals surface area contributed by atoms with E-state index in [1.807, 2.05) is 11.6 Å². The first-order valence-electron chi connectivity index (χ1n) is 5.92. The largest absolute Gasteiger partial charge is 0.340 e. The van der Waals surface area contributed by atoms with Crippen molar-refractivity contribution in [2.45, 2.75) is 27.2 Å². The number of imidazole rings is 1. The number of hydrogen-bond donors (Lipinski definition) is 1. The van der Waals surface area contributed by atoms with Crippen molar-refractivity contribution >= 4 is 11.2 Å². The van der Waals surface area contributed by atoms with E-state index in [-0.39, 0.29) is 0 Å². The van der Waals surface area contributed by atoms with E-state index in [2.05, 4.69) is 38.9 Å². The van der Waals surface area contributed by atoms with Crippen LogP contribution in [0.3, 0.4) is 0 Å². The van der Waals surface area contributed by atoms with Crippen molar-refractivity contribution < 1.29 is 0 Å². The Labute approximate surface area is 104 Å². The molecule has 0 atom stereocenters. The van der Waals surface area contributed by atoms with Crippen molar-refractivity contribution in [2.75, 3.05) is 0 Å². The summed E-state index contributed by atoms with van der Waals surface area (Å²) in [7, 11) is 0. The molecule has 3 heterocycles. The summed E-state index contributed by atoms with van der Waals surface area (Å²) >= 11 is 0. The predicted octanol–water partition coefficient (Wildman–Crippen LogP) is 1.72. The number of nitrogens with one attached hydrogen (secondary N) is 1. The molecule has 0 radical (unpaired) electrons. The van der Waals surface area contributed by atoms with E-state index in [1.165, 1.54) is 11.9 Å². The Morgan fingerprint density at radius 3 is 2.78 bits per heavy atom. The second-order valence-electron chi connectivity index (χ2n) is 4.21. The number of rotatable bonds is 2. The second kappa shape index (κ2) is 3.90. The maximum Gasteiger partial charge on any atom is 0.182 e. The number of fused-ring (bicyclic) bond motifs is 1. The Kier molecular flexibility index (Phi) is 2.36. The maximum absolute atomic E-state index is 4.56. The molecule has 6 nitrogen and oxygen atoms in total. The van der Waals surface area contributed by atoms with Gasteiger partial charge in [-0.1, -0.05) is 6.92 Å². The molecule has 18 heavy (non-hydrogen) atoms. The van der Waals surface area contributed by atoms with Gasteiger partial charge in [-0.25, -0.2) is 19.6 Å². The Morgan fingerprint density at radius 1 is 1.22 bits per heavy atom. The normalized spacial score (nSPS) is 11.3. The summed E-state index contributed by atoms with van der Waals surface area (Å²) in [5, 5.41) is 4.56. The van der Waals surface area contributed by atoms with E-state index < -0.39 is 0 Å². The van der Waals surface area contributed by atoms with E-state index in [4.69, 9.17) is 0 Å². The molecule has 3 aromatic heterocycles. The van der Waals surface area contributed by atoms with E-state index in [9.17, 15) is 0 Å². The number of hydrogen-bond acceptors (Lipinski definition) is 4. The van der Waals surface area contributed by atoms with Gasteiger partial charge in [-0.15, -0.1) is 0 Å². The second-order valence-corrected chi connectivity index (χ2v) is 4.21. The molecule has 0 saturated carbocycles. The van der Waals surface area contributed by atoms with Crippen LogP contribution < -0.4 is 0 Å². The minimum atomic E-state index is 0.658. The van der Waals surface area contributed by atoms with Crippen molar-refractivity contribution in [3.05, 3.63) is 29.6 Å². The van der Waals surface area contributed by atoms with E-state index in [0.29, 0.717) is 5.65 Å². The Balaban J connectivity index is 2.29. The third kappa shape index (κ3) is 1.42. The van der Waals surface area contributed by atoms with Gasteiger partial charge in [-0.2, -0.15) is 5.10 Å². The topological polar surface area (TPSA) is 72.3 Å². The highest BCUT2D eigenvalue weighted by atomic mass is 15.3. The smallest absolute Gasteiger partial charge is 0.182 e. The summed E-state index contributed by atoms with van der Waals surface area (Å²) in [6.45, 7) is 6.21. The minimum absolute atomic E-state index is 0.658. The Morgan fingerprint density at radius 2 is 2.06 bits per heavy atom. The van der Waals surface area contributed by atoms with Crippen LogP contribution >= 0.6 is 0 Å². The van der Waals surface area contributed by atoms with Crippen LogP contribution in [0.25, 0.3) is 17.0 Å². The van der Waals surface area contributed by atoms with Crippen LogP contribution in [-0.4, -0.2) is 29.7 Å². The molecule has 3 aromatic rings. The maximum atomic E-state index is 4.56. The average Bonchev–Trinajstić information content (AvgIpc) is 2.94. The summed E-state index contributed by atoms with van der Waals surface area (Å²) in [5.41, 5.74) is 4.89. The molecule has 0 saturated heterocycles. The van der Waals surface area contributed by atoms with Crippen LogP contribution in [0, 0.1) is 13.8 Å². The van der Waals surface area contributed by atoms with Gasteiger partial charge in [0.15, 0.2) is 11.5 Å². The molecule has 0 amide bonds.